The average molecular weight is 462 g/mol. The summed E-state index contributed by atoms with van der Waals surface area (Å²) in [5.74, 6) is -0.419. The Kier molecular flexibility index (Phi) is 6.83. The largest absolute Gasteiger partial charge is 0.345 e. The maximum Gasteiger partial charge on any atom is 0.218 e. The standard InChI is InChI=1S/C24H32FN3O3S/c1-18-15-23(19(2)28(18)22-5-3-4-6-22)24(29)16-26-11-13-27(14-12-26)32(30,31)17-20-7-9-21(25)10-8-20/h7-10,15,22H,3-6,11-14,16-17H2,1-2H3. The number of carbonyl (C=O) groups excluding carboxylic acids is 1. The van der Waals surface area contributed by atoms with Gasteiger partial charge in [-0.15, -0.1) is 0 Å². The second kappa shape index (κ2) is 9.45. The van der Waals surface area contributed by atoms with E-state index in [2.05, 4.69) is 11.5 Å². The number of hydrogen-bond acceptors (Lipinski definition) is 4. The fourth-order valence-corrected chi connectivity index (χ4v) is 6.64. The number of hydrogen-bond donors (Lipinski definition) is 0. The van der Waals surface area contributed by atoms with Crippen molar-refractivity contribution in [1.29, 1.82) is 0 Å². The summed E-state index contributed by atoms with van der Waals surface area (Å²) in [6, 6.07) is 8.08. The molecule has 32 heavy (non-hydrogen) atoms. The number of rotatable bonds is 7. The number of nitrogens with zero attached hydrogens (tertiary/aromatic N) is 3. The highest BCUT2D eigenvalue weighted by Crippen LogP contribution is 2.33. The first-order valence-corrected chi connectivity index (χ1v) is 13.0. The van der Waals surface area contributed by atoms with E-state index in [0.29, 0.717) is 44.3 Å². The summed E-state index contributed by atoms with van der Waals surface area (Å²) in [6.07, 6.45) is 4.86. The average Bonchev–Trinajstić information content (AvgIpc) is 3.37. The van der Waals surface area contributed by atoms with E-state index in [0.717, 1.165) is 17.0 Å². The monoisotopic (exact) mass is 461 g/mol. The van der Waals surface area contributed by atoms with Crippen LogP contribution in [0.15, 0.2) is 30.3 Å². The summed E-state index contributed by atoms with van der Waals surface area (Å²) in [5, 5.41) is 0. The highest BCUT2D eigenvalue weighted by molar-refractivity contribution is 7.88. The van der Waals surface area contributed by atoms with E-state index in [1.807, 2.05) is 17.9 Å². The Labute approximate surface area is 190 Å². The topological polar surface area (TPSA) is 62.6 Å². The summed E-state index contributed by atoms with van der Waals surface area (Å²) < 4.78 is 42.4. The van der Waals surface area contributed by atoms with Gasteiger partial charge in [0.15, 0.2) is 5.78 Å². The molecule has 1 aromatic carbocycles. The van der Waals surface area contributed by atoms with Crippen LogP contribution in [0.4, 0.5) is 4.39 Å². The lowest BCUT2D eigenvalue weighted by Gasteiger charge is -2.33. The molecule has 1 aliphatic heterocycles. The molecule has 0 radical (unpaired) electrons. The number of piperazine rings is 1. The lowest BCUT2D eigenvalue weighted by atomic mass is 10.1. The third-order valence-electron chi connectivity index (χ3n) is 6.83. The van der Waals surface area contributed by atoms with Crippen molar-refractivity contribution >= 4 is 15.8 Å². The molecule has 0 atom stereocenters. The second-order valence-corrected chi connectivity index (χ2v) is 11.0. The van der Waals surface area contributed by atoms with Crippen LogP contribution in [0, 0.1) is 19.7 Å². The van der Waals surface area contributed by atoms with Crippen molar-refractivity contribution in [2.45, 2.75) is 51.3 Å². The van der Waals surface area contributed by atoms with E-state index < -0.39 is 10.0 Å². The first kappa shape index (κ1) is 23.1. The van der Waals surface area contributed by atoms with Gasteiger partial charge in [-0.2, -0.15) is 4.31 Å². The Morgan fingerprint density at radius 2 is 1.66 bits per heavy atom. The number of benzene rings is 1. The predicted octanol–water partition coefficient (Wildman–Crippen LogP) is 3.69. The van der Waals surface area contributed by atoms with E-state index in [1.165, 1.54) is 54.3 Å². The second-order valence-electron chi connectivity index (χ2n) is 9.07. The highest BCUT2D eigenvalue weighted by Gasteiger charge is 2.29. The molecule has 0 N–H and O–H groups in total. The molecule has 0 amide bonds. The molecule has 2 fully saturated rings. The van der Waals surface area contributed by atoms with Crippen molar-refractivity contribution in [3.63, 3.8) is 0 Å². The van der Waals surface area contributed by atoms with Crippen molar-refractivity contribution in [2.75, 3.05) is 32.7 Å². The molecule has 0 spiro atoms. The Morgan fingerprint density at radius 3 is 2.28 bits per heavy atom. The van der Waals surface area contributed by atoms with Crippen molar-refractivity contribution in [2.24, 2.45) is 0 Å². The SMILES string of the molecule is Cc1cc(C(=O)CN2CCN(S(=O)(=O)Cc3ccc(F)cc3)CC2)c(C)n1C1CCCC1. The summed E-state index contributed by atoms with van der Waals surface area (Å²) in [5.41, 5.74) is 3.57. The van der Waals surface area contributed by atoms with Gasteiger partial charge in [0.1, 0.15) is 5.82 Å². The molecule has 0 bridgehead atoms. The Morgan fingerprint density at radius 1 is 1.03 bits per heavy atom. The van der Waals surface area contributed by atoms with Gasteiger partial charge >= 0.3 is 0 Å². The molecule has 1 saturated heterocycles. The van der Waals surface area contributed by atoms with Crippen LogP contribution in [0.25, 0.3) is 0 Å². The molecule has 174 valence electrons. The van der Waals surface area contributed by atoms with Crippen molar-refractivity contribution in [1.82, 2.24) is 13.8 Å². The number of halogens is 1. The van der Waals surface area contributed by atoms with Crippen LogP contribution in [0.2, 0.25) is 0 Å². The van der Waals surface area contributed by atoms with Crippen LogP contribution < -0.4 is 0 Å². The van der Waals surface area contributed by atoms with Crippen LogP contribution in [-0.4, -0.2) is 60.7 Å². The van der Waals surface area contributed by atoms with E-state index in [9.17, 15) is 17.6 Å². The fraction of sp³-hybridized carbons (Fsp3) is 0.542. The van der Waals surface area contributed by atoms with Crippen LogP contribution in [0.3, 0.4) is 0 Å². The van der Waals surface area contributed by atoms with Gasteiger partial charge in [-0.3, -0.25) is 9.69 Å². The number of sulfonamides is 1. The van der Waals surface area contributed by atoms with Gasteiger partial charge in [0.05, 0.1) is 12.3 Å². The minimum atomic E-state index is -3.48. The lowest BCUT2D eigenvalue weighted by molar-refractivity contribution is 0.0901. The van der Waals surface area contributed by atoms with Gasteiger partial charge in [0.2, 0.25) is 10.0 Å². The van der Waals surface area contributed by atoms with Gasteiger partial charge in [-0.1, -0.05) is 25.0 Å². The van der Waals surface area contributed by atoms with Crippen LogP contribution in [-0.2, 0) is 15.8 Å². The third-order valence-corrected chi connectivity index (χ3v) is 8.68. The zero-order chi connectivity index (χ0) is 22.9. The molecule has 4 rings (SSSR count). The van der Waals surface area contributed by atoms with Gasteiger partial charge < -0.3 is 4.57 Å². The van der Waals surface area contributed by atoms with Crippen molar-refractivity contribution in [3.8, 4) is 0 Å². The first-order valence-electron chi connectivity index (χ1n) is 11.4. The number of aromatic nitrogens is 1. The number of Topliss-reactive ketones (excluding diaryl/α,β-unsaturated/α-hetero) is 1. The third kappa shape index (κ3) is 4.97. The molecule has 1 aliphatic carbocycles. The maximum atomic E-state index is 13.1. The number of aryl methyl sites for hydroxylation is 1. The van der Waals surface area contributed by atoms with Gasteiger partial charge in [0.25, 0.3) is 0 Å². The van der Waals surface area contributed by atoms with Crippen LogP contribution in [0.1, 0.15) is 59.0 Å². The van der Waals surface area contributed by atoms with E-state index in [-0.39, 0.29) is 17.4 Å². The Balaban J connectivity index is 1.34. The smallest absolute Gasteiger partial charge is 0.218 e. The first-order chi connectivity index (χ1) is 15.2. The fourth-order valence-electron chi connectivity index (χ4n) is 5.12. The highest BCUT2D eigenvalue weighted by atomic mass is 32.2. The van der Waals surface area contributed by atoms with Crippen molar-refractivity contribution < 1.29 is 17.6 Å². The quantitative estimate of drug-likeness (QED) is 0.590. The normalized spacial score (nSPS) is 19.0. The minimum Gasteiger partial charge on any atom is -0.345 e. The van der Waals surface area contributed by atoms with E-state index in [4.69, 9.17) is 0 Å². The number of carbonyl (C=O) groups is 1. The van der Waals surface area contributed by atoms with Crippen LogP contribution >= 0.6 is 0 Å². The molecule has 2 aliphatic rings. The lowest BCUT2D eigenvalue weighted by Crippen LogP contribution is -2.50. The van der Waals surface area contributed by atoms with Crippen molar-refractivity contribution in [3.05, 3.63) is 58.7 Å². The summed E-state index contributed by atoms with van der Waals surface area (Å²) >= 11 is 0. The molecule has 6 nitrogen and oxygen atoms in total. The molecule has 8 heteroatoms. The summed E-state index contributed by atoms with van der Waals surface area (Å²) in [4.78, 5) is 15.1. The zero-order valence-corrected chi connectivity index (χ0v) is 19.7. The van der Waals surface area contributed by atoms with Gasteiger partial charge in [-0.05, 0) is 50.5 Å². The van der Waals surface area contributed by atoms with E-state index in [1.54, 1.807) is 0 Å². The summed E-state index contributed by atoms with van der Waals surface area (Å²) in [6.45, 7) is 6.19. The molecule has 2 heterocycles. The Bertz CT molecular complexity index is 1060. The van der Waals surface area contributed by atoms with Crippen LogP contribution in [0.5, 0.6) is 0 Å². The molecule has 1 aromatic heterocycles. The predicted molar refractivity (Wildman–Crippen MR) is 123 cm³/mol. The Hall–Kier alpha value is -2.03. The molecule has 0 unspecified atom stereocenters. The summed E-state index contributed by atoms with van der Waals surface area (Å²) in [7, 11) is -3.48. The molecule has 2 aromatic rings. The molecular formula is C24H32FN3O3S. The minimum absolute atomic E-state index is 0.102. The molecule has 1 saturated carbocycles. The van der Waals surface area contributed by atoms with Gasteiger partial charge in [0, 0.05) is 49.2 Å². The van der Waals surface area contributed by atoms with Gasteiger partial charge in [-0.25, -0.2) is 12.8 Å². The number of ketones is 1. The van der Waals surface area contributed by atoms with E-state index >= 15 is 0 Å². The maximum absolute atomic E-state index is 13.1. The molecular weight excluding hydrogens is 429 g/mol. The zero-order valence-electron chi connectivity index (χ0n) is 18.9.